The minimum Gasteiger partial charge on any atom is -0.369 e. The molecular formula is C15H25ClN4O. The summed E-state index contributed by atoms with van der Waals surface area (Å²) in [6.07, 6.45) is 2.78. The van der Waals surface area contributed by atoms with Gasteiger partial charge in [-0.25, -0.2) is 4.68 Å². The van der Waals surface area contributed by atoms with Crippen molar-refractivity contribution < 1.29 is 0 Å². The average molecular weight is 313 g/mol. The second-order valence-electron chi connectivity index (χ2n) is 6.43. The first-order valence-electron chi connectivity index (χ1n) is 7.64. The first-order chi connectivity index (χ1) is 9.93. The zero-order chi connectivity index (χ0) is 15.6. The Labute approximate surface area is 131 Å². The molecule has 2 rings (SSSR count). The molecule has 6 heteroatoms. The fraction of sp³-hybridized carbons (Fsp3) is 0.733. The maximum Gasteiger partial charge on any atom is 0.287 e. The van der Waals surface area contributed by atoms with Crippen molar-refractivity contribution in [1.82, 2.24) is 9.78 Å². The predicted molar refractivity (Wildman–Crippen MR) is 86.9 cm³/mol. The molecule has 1 aromatic heterocycles. The van der Waals surface area contributed by atoms with Crippen LogP contribution in [-0.2, 0) is 6.54 Å². The Morgan fingerprint density at radius 2 is 2.24 bits per heavy atom. The summed E-state index contributed by atoms with van der Waals surface area (Å²) in [5.74, 6) is 1.40. The molecule has 0 spiro atoms. The van der Waals surface area contributed by atoms with Gasteiger partial charge in [0, 0.05) is 19.6 Å². The van der Waals surface area contributed by atoms with Gasteiger partial charge in [-0.2, -0.15) is 5.10 Å². The molecule has 2 unspecified atom stereocenters. The third kappa shape index (κ3) is 3.58. The van der Waals surface area contributed by atoms with E-state index in [0.29, 0.717) is 30.8 Å². The van der Waals surface area contributed by atoms with E-state index >= 15 is 0 Å². The summed E-state index contributed by atoms with van der Waals surface area (Å²) in [7, 11) is 0. The minimum absolute atomic E-state index is 0.203. The average Bonchev–Trinajstić information content (AvgIpc) is 2.45. The van der Waals surface area contributed by atoms with Gasteiger partial charge in [-0.05, 0) is 30.7 Å². The summed E-state index contributed by atoms with van der Waals surface area (Å²) in [5, 5.41) is 4.55. The summed E-state index contributed by atoms with van der Waals surface area (Å²) in [6.45, 7) is 9.31. The van der Waals surface area contributed by atoms with Crippen LogP contribution in [0.5, 0.6) is 0 Å². The maximum absolute atomic E-state index is 12.3. The SMILES string of the molecule is CC(C)Cn1ncc(N2CCC(C)C(CN)C2)c(Cl)c1=O. The fourth-order valence-corrected chi connectivity index (χ4v) is 3.09. The van der Waals surface area contributed by atoms with Gasteiger partial charge in [0.2, 0.25) is 0 Å². The second-order valence-corrected chi connectivity index (χ2v) is 6.81. The van der Waals surface area contributed by atoms with Gasteiger partial charge in [0.25, 0.3) is 5.56 Å². The lowest BCUT2D eigenvalue weighted by Gasteiger charge is -2.38. The molecule has 118 valence electrons. The largest absolute Gasteiger partial charge is 0.369 e. The van der Waals surface area contributed by atoms with Crippen LogP contribution in [0.4, 0.5) is 5.69 Å². The van der Waals surface area contributed by atoms with Crippen LogP contribution in [0.3, 0.4) is 0 Å². The standard InChI is InChI=1S/C15H25ClN4O/c1-10(2)8-20-15(21)14(16)13(7-18-20)19-5-4-11(3)12(6-17)9-19/h7,10-12H,4-6,8-9,17H2,1-3H3. The van der Waals surface area contributed by atoms with E-state index in [2.05, 4.69) is 16.9 Å². The zero-order valence-electron chi connectivity index (χ0n) is 13.1. The van der Waals surface area contributed by atoms with Gasteiger partial charge in [0.15, 0.2) is 0 Å². The number of nitrogens with zero attached hydrogens (tertiary/aromatic N) is 3. The van der Waals surface area contributed by atoms with E-state index in [-0.39, 0.29) is 10.6 Å². The molecular weight excluding hydrogens is 288 g/mol. The Hall–Kier alpha value is -1.07. The van der Waals surface area contributed by atoms with E-state index in [9.17, 15) is 4.79 Å². The normalized spacial score (nSPS) is 22.9. The molecule has 2 heterocycles. The Morgan fingerprint density at radius 1 is 1.52 bits per heavy atom. The van der Waals surface area contributed by atoms with Crippen LogP contribution >= 0.6 is 11.6 Å². The Morgan fingerprint density at radius 3 is 2.86 bits per heavy atom. The van der Waals surface area contributed by atoms with Crippen molar-refractivity contribution in [3.05, 3.63) is 21.6 Å². The van der Waals surface area contributed by atoms with Crippen LogP contribution in [0.15, 0.2) is 11.0 Å². The molecule has 0 saturated carbocycles. The first kappa shape index (κ1) is 16.3. The van der Waals surface area contributed by atoms with Crippen LogP contribution in [0, 0.1) is 17.8 Å². The Kier molecular flexibility index (Phi) is 5.27. The van der Waals surface area contributed by atoms with E-state index in [1.165, 1.54) is 4.68 Å². The highest BCUT2D eigenvalue weighted by atomic mass is 35.5. The lowest BCUT2D eigenvalue weighted by atomic mass is 9.87. The lowest BCUT2D eigenvalue weighted by molar-refractivity contribution is 0.307. The van der Waals surface area contributed by atoms with E-state index in [1.54, 1.807) is 6.20 Å². The number of aromatic nitrogens is 2. The van der Waals surface area contributed by atoms with E-state index in [1.807, 2.05) is 13.8 Å². The van der Waals surface area contributed by atoms with Crippen LogP contribution in [-0.4, -0.2) is 29.4 Å². The molecule has 1 aliphatic rings. The van der Waals surface area contributed by atoms with Crippen LogP contribution in [0.1, 0.15) is 27.2 Å². The maximum atomic E-state index is 12.3. The smallest absolute Gasteiger partial charge is 0.287 e. The molecule has 1 saturated heterocycles. The Bertz CT molecular complexity index is 543. The van der Waals surface area contributed by atoms with Crippen molar-refractivity contribution in [2.45, 2.75) is 33.7 Å². The van der Waals surface area contributed by atoms with E-state index < -0.39 is 0 Å². The molecule has 0 bridgehead atoms. The monoisotopic (exact) mass is 312 g/mol. The number of hydrogen-bond donors (Lipinski definition) is 1. The van der Waals surface area contributed by atoms with Gasteiger partial charge >= 0.3 is 0 Å². The lowest BCUT2D eigenvalue weighted by Crippen LogP contribution is -2.43. The minimum atomic E-state index is -0.203. The molecule has 0 amide bonds. The topological polar surface area (TPSA) is 64.2 Å². The summed E-state index contributed by atoms with van der Waals surface area (Å²) in [5.41, 5.74) is 6.38. The molecule has 1 fully saturated rings. The number of halogens is 1. The van der Waals surface area contributed by atoms with Crippen molar-refractivity contribution in [3.63, 3.8) is 0 Å². The number of hydrogen-bond acceptors (Lipinski definition) is 4. The van der Waals surface area contributed by atoms with E-state index in [4.69, 9.17) is 17.3 Å². The van der Waals surface area contributed by atoms with Gasteiger partial charge < -0.3 is 10.6 Å². The highest BCUT2D eigenvalue weighted by Crippen LogP contribution is 2.29. The summed E-state index contributed by atoms with van der Waals surface area (Å²) in [4.78, 5) is 14.4. The van der Waals surface area contributed by atoms with Crippen LogP contribution in [0.2, 0.25) is 5.02 Å². The van der Waals surface area contributed by atoms with E-state index in [0.717, 1.165) is 25.2 Å². The molecule has 2 atom stereocenters. The zero-order valence-corrected chi connectivity index (χ0v) is 13.8. The highest BCUT2D eigenvalue weighted by Gasteiger charge is 2.27. The number of nitrogens with two attached hydrogens (primary N) is 1. The molecule has 0 aromatic carbocycles. The number of rotatable bonds is 4. The summed E-state index contributed by atoms with van der Waals surface area (Å²) >= 11 is 6.30. The molecule has 0 aliphatic carbocycles. The Balaban J connectivity index is 2.25. The van der Waals surface area contributed by atoms with Gasteiger partial charge in [-0.1, -0.05) is 32.4 Å². The molecule has 21 heavy (non-hydrogen) atoms. The van der Waals surface area contributed by atoms with Crippen molar-refractivity contribution in [3.8, 4) is 0 Å². The molecule has 2 N–H and O–H groups in total. The number of anilines is 1. The second kappa shape index (κ2) is 6.79. The van der Waals surface area contributed by atoms with Crippen LogP contribution < -0.4 is 16.2 Å². The predicted octanol–water partition coefficient (Wildman–Crippen LogP) is 1.97. The fourth-order valence-electron chi connectivity index (χ4n) is 2.83. The van der Waals surface area contributed by atoms with Gasteiger partial charge in [-0.15, -0.1) is 0 Å². The molecule has 0 radical (unpaired) electrons. The van der Waals surface area contributed by atoms with Gasteiger partial charge in [0.1, 0.15) is 5.02 Å². The molecule has 5 nitrogen and oxygen atoms in total. The number of piperidine rings is 1. The first-order valence-corrected chi connectivity index (χ1v) is 8.02. The summed E-state index contributed by atoms with van der Waals surface area (Å²) in [6, 6.07) is 0. The third-order valence-electron chi connectivity index (χ3n) is 4.26. The molecule has 1 aromatic rings. The van der Waals surface area contributed by atoms with Crippen molar-refractivity contribution in [2.75, 3.05) is 24.5 Å². The van der Waals surface area contributed by atoms with Crippen molar-refractivity contribution in [2.24, 2.45) is 23.5 Å². The third-order valence-corrected chi connectivity index (χ3v) is 4.62. The van der Waals surface area contributed by atoms with Crippen molar-refractivity contribution >= 4 is 17.3 Å². The van der Waals surface area contributed by atoms with Crippen molar-refractivity contribution in [1.29, 1.82) is 0 Å². The molecule has 1 aliphatic heterocycles. The van der Waals surface area contributed by atoms with Crippen LogP contribution in [0.25, 0.3) is 0 Å². The van der Waals surface area contributed by atoms with Gasteiger partial charge in [-0.3, -0.25) is 4.79 Å². The quantitative estimate of drug-likeness (QED) is 0.923. The highest BCUT2D eigenvalue weighted by molar-refractivity contribution is 6.33. The summed E-state index contributed by atoms with van der Waals surface area (Å²) < 4.78 is 1.45. The van der Waals surface area contributed by atoms with Gasteiger partial charge in [0.05, 0.1) is 11.9 Å².